The molecule has 1 aliphatic heterocycles. The van der Waals surface area contributed by atoms with E-state index in [2.05, 4.69) is 0 Å². The standard InChI is InChI=1S/C6H11N5O3.C2H4O2/c7-4(8)6(9)2-1-3-10(5(6)12)11(13)14;1-2(3)4/h1-3,9H2,(H3,7,8);1H3,(H,3,4). The molecule has 1 fully saturated rings. The van der Waals surface area contributed by atoms with Gasteiger partial charge in [0.2, 0.25) is 0 Å². The van der Waals surface area contributed by atoms with Crippen molar-refractivity contribution in [1.29, 1.82) is 5.41 Å². The second-order valence-corrected chi connectivity index (χ2v) is 3.67. The molecule has 0 aromatic heterocycles. The molecule has 1 aliphatic rings. The van der Waals surface area contributed by atoms with Gasteiger partial charge in [-0.1, -0.05) is 5.01 Å². The number of nitrogens with two attached hydrogens (primary N) is 2. The van der Waals surface area contributed by atoms with Crippen molar-refractivity contribution in [1.82, 2.24) is 5.01 Å². The van der Waals surface area contributed by atoms with E-state index >= 15 is 0 Å². The van der Waals surface area contributed by atoms with Gasteiger partial charge in [0.25, 0.3) is 5.97 Å². The predicted octanol–water partition coefficient (Wildman–Crippen LogP) is -1.48. The van der Waals surface area contributed by atoms with Crippen molar-refractivity contribution in [2.24, 2.45) is 11.5 Å². The number of carbonyl (C=O) groups excluding carboxylic acids is 1. The van der Waals surface area contributed by atoms with Crippen LogP contribution in [0.15, 0.2) is 0 Å². The van der Waals surface area contributed by atoms with Crippen molar-refractivity contribution in [3.63, 3.8) is 0 Å². The first-order valence-electron chi connectivity index (χ1n) is 4.92. The Kier molecular flexibility index (Phi) is 5.18. The van der Waals surface area contributed by atoms with E-state index in [4.69, 9.17) is 26.8 Å². The van der Waals surface area contributed by atoms with Gasteiger partial charge in [-0.05, 0) is 12.8 Å². The molecule has 0 aromatic rings. The minimum absolute atomic E-state index is 0.0120. The second kappa shape index (κ2) is 5.91. The summed E-state index contributed by atoms with van der Waals surface area (Å²) in [7, 11) is 0. The molecule has 1 atom stereocenters. The van der Waals surface area contributed by atoms with Gasteiger partial charge in [0, 0.05) is 6.92 Å². The van der Waals surface area contributed by atoms with Crippen LogP contribution in [-0.4, -0.2) is 44.9 Å². The molecule has 0 aliphatic carbocycles. The number of hydrogen-bond acceptors (Lipinski definition) is 6. The third-order valence-corrected chi connectivity index (χ3v) is 2.23. The van der Waals surface area contributed by atoms with Crippen LogP contribution < -0.4 is 11.5 Å². The number of amidine groups is 1. The van der Waals surface area contributed by atoms with E-state index in [1.165, 1.54) is 0 Å². The highest BCUT2D eigenvalue weighted by atomic mass is 16.7. The van der Waals surface area contributed by atoms with Crippen LogP contribution in [0, 0.1) is 15.5 Å². The number of carboxylic acid groups (broad SMARTS) is 1. The number of nitrogens with one attached hydrogen (secondary N) is 1. The SMILES string of the molecule is CC(=O)O.N=C(N)C1(N)CCCN([N+](=O)[O-])C1=O. The summed E-state index contributed by atoms with van der Waals surface area (Å²) in [6.45, 7) is 1.10. The quantitative estimate of drug-likeness (QED) is 0.203. The fourth-order valence-corrected chi connectivity index (χ4v) is 1.35. The van der Waals surface area contributed by atoms with Crippen molar-refractivity contribution < 1.29 is 19.7 Å². The largest absolute Gasteiger partial charge is 0.481 e. The number of amides is 1. The van der Waals surface area contributed by atoms with Crippen LogP contribution >= 0.6 is 0 Å². The summed E-state index contributed by atoms with van der Waals surface area (Å²) in [6.07, 6.45) is 0.536. The van der Waals surface area contributed by atoms with Gasteiger partial charge < -0.3 is 16.6 Å². The average Bonchev–Trinajstić information content (AvgIpc) is 2.20. The van der Waals surface area contributed by atoms with Gasteiger partial charge >= 0.3 is 5.91 Å². The Bertz CT molecular complexity index is 380. The van der Waals surface area contributed by atoms with E-state index < -0.39 is 28.3 Å². The number of hydrogen-bond donors (Lipinski definition) is 4. The van der Waals surface area contributed by atoms with Gasteiger partial charge in [0.1, 0.15) is 5.84 Å². The number of aliphatic carboxylic acids is 1. The molecule has 18 heavy (non-hydrogen) atoms. The molecule has 1 heterocycles. The van der Waals surface area contributed by atoms with Gasteiger partial charge in [-0.2, -0.15) is 0 Å². The third kappa shape index (κ3) is 3.66. The number of carboxylic acids is 1. The molecule has 1 saturated heterocycles. The summed E-state index contributed by atoms with van der Waals surface area (Å²) in [5.41, 5.74) is 8.97. The minimum Gasteiger partial charge on any atom is -0.481 e. The molecule has 1 rings (SSSR count). The topological polar surface area (TPSA) is 177 Å². The molecule has 0 aromatic carbocycles. The van der Waals surface area contributed by atoms with Crippen LogP contribution in [0.5, 0.6) is 0 Å². The smallest absolute Gasteiger partial charge is 0.310 e. The first kappa shape index (κ1) is 15.8. The van der Waals surface area contributed by atoms with E-state index in [-0.39, 0.29) is 13.0 Å². The van der Waals surface area contributed by atoms with E-state index in [0.717, 1.165) is 6.92 Å². The minimum atomic E-state index is -1.70. The first-order valence-corrected chi connectivity index (χ1v) is 4.92. The number of rotatable bonds is 2. The highest BCUT2D eigenvalue weighted by molar-refractivity contribution is 6.09. The maximum Gasteiger partial charge on any atom is 0.310 e. The molecule has 10 nitrogen and oxygen atoms in total. The molecule has 6 N–H and O–H groups in total. The summed E-state index contributed by atoms with van der Waals surface area (Å²) in [6, 6.07) is 0. The fraction of sp³-hybridized carbons (Fsp3) is 0.625. The normalized spacial score (nSPS) is 22.8. The zero-order chi connectivity index (χ0) is 14.5. The maximum atomic E-state index is 11.5. The van der Waals surface area contributed by atoms with E-state index in [1.807, 2.05) is 0 Å². The Balaban J connectivity index is 0.000000631. The van der Waals surface area contributed by atoms with Gasteiger partial charge in [0.15, 0.2) is 10.6 Å². The Morgan fingerprint density at radius 1 is 1.67 bits per heavy atom. The lowest BCUT2D eigenvalue weighted by atomic mass is 9.89. The predicted molar refractivity (Wildman–Crippen MR) is 60.1 cm³/mol. The van der Waals surface area contributed by atoms with Crippen molar-refractivity contribution >= 4 is 17.7 Å². The van der Waals surface area contributed by atoms with Gasteiger partial charge in [-0.15, -0.1) is 0 Å². The molecule has 1 unspecified atom stereocenters. The number of piperidine rings is 1. The lowest BCUT2D eigenvalue weighted by Gasteiger charge is -2.32. The highest BCUT2D eigenvalue weighted by Crippen LogP contribution is 2.19. The summed E-state index contributed by atoms with van der Waals surface area (Å²) in [5.74, 6) is -2.28. The first-order chi connectivity index (χ1) is 8.12. The van der Waals surface area contributed by atoms with Crippen LogP contribution in [0.4, 0.5) is 0 Å². The highest BCUT2D eigenvalue weighted by Gasteiger charge is 2.48. The molecular formula is C8H15N5O5. The van der Waals surface area contributed by atoms with Crippen molar-refractivity contribution in [3.8, 4) is 0 Å². The molecule has 102 valence electrons. The number of nitro groups is 1. The summed E-state index contributed by atoms with van der Waals surface area (Å²) in [4.78, 5) is 30.9. The zero-order valence-corrected chi connectivity index (χ0v) is 9.75. The number of hydrazine groups is 1. The lowest BCUT2D eigenvalue weighted by molar-refractivity contribution is -0.636. The zero-order valence-electron chi connectivity index (χ0n) is 9.75. The van der Waals surface area contributed by atoms with Crippen LogP contribution in [0.2, 0.25) is 0 Å². The van der Waals surface area contributed by atoms with Crippen LogP contribution in [0.1, 0.15) is 19.8 Å². The molecule has 10 heteroatoms. The fourth-order valence-electron chi connectivity index (χ4n) is 1.35. The Labute approximate surface area is 102 Å². The molecule has 1 amide bonds. The Hall–Kier alpha value is -2.23. The third-order valence-electron chi connectivity index (χ3n) is 2.23. The van der Waals surface area contributed by atoms with Gasteiger partial charge in [0.05, 0.1) is 6.54 Å². The second-order valence-electron chi connectivity index (χ2n) is 3.67. The monoisotopic (exact) mass is 261 g/mol. The van der Waals surface area contributed by atoms with E-state index in [1.54, 1.807) is 0 Å². The molecule has 0 spiro atoms. The van der Waals surface area contributed by atoms with E-state index in [9.17, 15) is 14.9 Å². The Morgan fingerprint density at radius 3 is 2.44 bits per heavy atom. The maximum absolute atomic E-state index is 11.5. The van der Waals surface area contributed by atoms with Crippen LogP contribution in [-0.2, 0) is 9.59 Å². The van der Waals surface area contributed by atoms with E-state index in [0.29, 0.717) is 11.4 Å². The van der Waals surface area contributed by atoms with Gasteiger partial charge in [-0.3, -0.25) is 15.0 Å². The van der Waals surface area contributed by atoms with Crippen molar-refractivity contribution in [3.05, 3.63) is 10.1 Å². The van der Waals surface area contributed by atoms with Crippen molar-refractivity contribution in [2.75, 3.05) is 6.54 Å². The molecule has 0 bridgehead atoms. The van der Waals surface area contributed by atoms with Crippen molar-refractivity contribution in [2.45, 2.75) is 25.3 Å². The van der Waals surface area contributed by atoms with Gasteiger partial charge in [-0.25, -0.2) is 10.1 Å². The average molecular weight is 261 g/mol. The Morgan fingerprint density at radius 2 is 2.11 bits per heavy atom. The lowest BCUT2D eigenvalue weighted by Crippen LogP contribution is -2.66. The summed E-state index contributed by atoms with van der Waals surface area (Å²) >= 11 is 0. The number of nitrogens with zero attached hydrogens (tertiary/aromatic N) is 2. The summed E-state index contributed by atoms with van der Waals surface area (Å²) < 4.78 is 0. The molecule has 0 saturated carbocycles. The van der Waals surface area contributed by atoms with Crippen LogP contribution in [0.25, 0.3) is 0 Å². The van der Waals surface area contributed by atoms with Crippen LogP contribution in [0.3, 0.4) is 0 Å². The molecule has 0 radical (unpaired) electrons. The number of carbonyl (C=O) groups is 2. The summed E-state index contributed by atoms with van der Waals surface area (Å²) in [5, 5.41) is 24.5. The molecular weight excluding hydrogens is 246 g/mol.